The Morgan fingerprint density at radius 3 is 2.47 bits per heavy atom. The number of ether oxygens (including phenoxy) is 2. The van der Waals surface area contributed by atoms with Crippen LogP contribution in [-0.4, -0.2) is 37.4 Å². The van der Waals surface area contributed by atoms with E-state index in [0.717, 1.165) is 5.75 Å². The van der Waals surface area contributed by atoms with E-state index < -0.39 is 0 Å². The molecule has 1 aromatic carbocycles. The van der Waals surface area contributed by atoms with Crippen molar-refractivity contribution in [3.8, 4) is 11.5 Å². The summed E-state index contributed by atoms with van der Waals surface area (Å²) in [6.45, 7) is 2.18. The van der Waals surface area contributed by atoms with Crippen LogP contribution in [0.2, 0.25) is 0 Å². The average molecular weight is 267 g/mol. The van der Waals surface area contributed by atoms with Crippen LogP contribution >= 0.6 is 0 Å². The number of carbonyl (C=O) groups is 1. The van der Waals surface area contributed by atoms with E-state index in [4.69, 9.17) is 14.6 Å². The Morgan fingerprint density at radius 2 is 1.95 bits per heavy atom. The maximum Gasteiger partial charge on any atom is 0.223 e. The van der Waals surface area contributed by atoms with Crippen LogP contribution in [-0.2, 0) is 4.79 Å². The lowest BCUT2D eigenvalue weighted by Gasteiger charge is -2.14. The number of nitrogens with one attached hydrogen (secondary N) is 1. The Bertz CT molecular complexity index is 374. The fourth-order valence-electron chi connectivity index (χ4n) is 1.51. The van der Waals surface area contributed by atoms with Crippen molar-refractivity contribution in [3.63, 3.8) is 0 Å². The first-order chi connectivity index (χ1) is 9.19. The minimum absolute atomic E-state index is 0.0401. The zero-order valence-electron chi connectivity index (χ0n) is 11.4. The molecular weight excluding hydrogens is 246 g/mol. The third kappa shape index (κ3) is 5.61. The molecule has 1 rings (SSSR count). The highest BCUT2D eigenvalue weighted by molar-refractivity contribution is 5.76. The van der Waals surface area contributed by atoms with Gasteiger partial charge in [-0.2, -0.15) is 0 Å². The number of methoxy groups -OCH3 is 1. The number of amides is 1. The molecule has 0 aliphatic rings. The number of aliphatic hydroxyl groups is 1. The SMILES string of the molecule is CCC(CO)NC(=O)CCOc1ccc(OC)cc1. The smallest absolute Gasteiger partial charge is 0.223 e. The number of hydrogen-bond donors (Lipinski definition) is 2. The number of benzene rings is 1. The fraction of sp³-hybridized carbons (Fsp3) is 0.500. The number of hydrogen-bond acceptors (Lipinski definition) is 4. The average Bonchev–Trinajstić information content (AvgIpc) is 2.45. The van der Waals surface area contributed by atoms with Gasteiger partial charge in [0.05, 0.1) is 32.8 Å². The summed E-state index contributed by atoms with van der Waals surface area (Å²) in [5, 5.41) is 11.7. The first kappa shape index (κ1) is 15.3. The number of aliphatic hydroxyl groups excluding tert-OH is 1. The van der Waals surface area contributed by atoms with Gasteiger partial charge in [-0.3, -0.25) is 4.79 Å². The Hall–Kier alpha value is -1.75. The van der Waals surface area contributed by atoms with E-state index in [2.05, 4.69) is 5.32 Å². The van der Waals surface area contributed by atoms with E-state index >= 15 is 0 Å². The molecule has 0 aromatic heterocycles. The van der Waals surface area contributed by atoms with E-state index in [1.54, 1.807) is 31.4 Å². The van der Waals surface area contributed by atoms with Gasteiger partial charge in [-0.1, -0.05) is 6.92 Å². The number of carbonyl (C=O) groups excluding carboxylic acids is 1. The van der Waals surface area contributed by atoms with Gasteiger partial charge in [0.2, 0.25) is 5.91 Å². The van der Waals surface area contributed by atoms with Crippen molar-refractivity contribution in [2.45, 2.75) is 25.8 Å². The lowest BCUT2D eigenvalue weighted by molar-refractivity contribution is -0.122. The molecule has 0 bridgehead atoms. The third-order valence-electron chi connectivity index (χ3n) is 2.74. The van der Waals surface area contributed by atoms with Crippen LogP contribution in [0.1, 0.15) is 19.8 Å². The molecule has 0 aliphatic heterocycles. The molecule has 0 saturated heterocycles. The summed E-state index contributed by atoms with van der Waals surface area (Å²) in [4.78, 5) is 11.5. The van der Waals surface area contributed by atoms with E-state index in [1.807, 2.05) is 6.92 Å². The Morgan fingerprint density at radius 1 is 1.32 bits per heavy atom. The Balaban J connectivity index is 2.27. The van der Waals surface area contributed by atoms with Gasteiger partial charge in [0.25, 0.3) is 0 Å². The summed E-state index contributed by atoms with van der Waals surface area (Å²) in [5.74, 6) is 1.34. The van der Waals surface area contributed by atoms with E-state index in [0.29, 0.717) is 18.8 Å². The van der Waals surface area contributed by atoms with Gasteiger partial charge < -0.3 is 19.9 Å². The molecule has 1 atom stereocenters. The first-order valence-corrected chi connectivity index (χ1v) is 6.36. The quantitative estimate of drug-likeness (QED) is 0.746. The molecule has 0 fully saturated rings. The summed E-state index contributed by atoms with van der Waals surface area (Å²) in [6.07, 6.45) is 0.976. The molecule has 0 aliphatic carbocycles. The molecule has 2 N–H and O–H groups in total. The lowest BCUT2D eigenvalue weighted by atomic mass is 10.2. The largest absolute Gasteiger partial charge is 0.497 e. The normalized spacial score (nSPS) is 11.7. The van der Waals surface area contributed by atoms with Crippen LogP contribution in [0.4, 0.5) is 0 Å². The second-order valence-electron chi connectivity index (χ2n) is 4.13. The first-order valence-electron chi connectivity index (χ1n) is 6.36. The molecule has 1 aromatic rings. The van der Waals surface area contributed by atoms with Crippen molar-refractivity contribution in [1.82, 2.24) is 5.32 Å². The van der Waals surface area contributed by atoms with Crippen molar-refractivity contribution in [3.05, 3.63) is 24.3 Å². The molecule has 106 valence electrons. The monoisotopic (exact) mass is 267 g/mol. The maximum atomic E-state index is 11.5. The maximum absolute atomic E-state index is 11.5. The molecule has 5 nitrogen and oxygen atoms in total. The van der Waals surface area contributed by atoms with Gasteiger partial charge >= 0.3 is 0 Å². The number of rotatable bonds is 8. The van der Waals surface area contributed by atoms with Crippen molar-refractivity contribution in [2.24, 2.45) is 0 Å². The van der Waals surface area contributed by atoms with Crippen LogP contribution in [0.3, 0.4) is 0 Å². The second kappa shape index (κ2) is 8.37. The topological polar surface area (TPSA) is 67.8 Å². The zero-order valence-corrected chi connectivity index (χ0v) is 11.4. The summed E-state index contributed by atoms with van der Waals surface area (Å²) >= 11 is 0. The predicted octanol–water partition coefficient (Wildman–Crippen LogP) is 1.35. The van der Waals surface area contributed by atoms with Crippen LogP contribution in [0.15, 0.2) is 24.3 Å². The highest BCUT2D eigenvalue weighted by atomic mass is 16.5. The molecular formula is C14H21NO4. The summed E-state index contributed by atoms with van der Waals surface area (Å²) < 4.78 is 10.5. The standard InChI is InChI=1S/C14H21NO4/c1-3-11(10-16)15-14(17)8-9-19-13-6-4-12(18-2)5-7-13/h4-7,11,16H,3,8-10H2,1-2H3,(H,15,17). The van der Waals surface area contributed by atoms with Gasteiger partial charge in [-0.05, 0) is 30.7 Å². The molecule has 0 spiro atoms. The van der Waals surface area contributed by atoms with Crippen molar-refractivity contribution >= 4 is 5.91 Å². The second-order valence-corrected chi connectivity index (χ2v) is 4.13. The zero-order chi connectivity index (χ0) is 14.1. The minimum Gasteiger partial charge on any atom is -0.497 e. The molecule has 19 heavy (non-hydrogen) atoms. The molecule has 1 unspecified atom stereocenters. The molecule has 5 heteroatoms. The van der Waals surface area contributed by atoms with Gasteiger partial charge in [0.15, 0.2) is 0 Å². The van der Waals surface area contributed by atoms with Gasteiger partial charge in [0.1, 0.15) is 11.5 Å². The molecule has 0 saturated carbocycles. The summed E-state index contributed by atoms with van der Waals surface area (Å²) in [5.41, 5.74) is 0. The van der Waals surface area contributed by atoms with Crippen LogP contribution in [0.5, 0.6) is 11.5 Å². The highest BCUT2D eigenvalue weighted by Crippen LogP contribution is 2.16. The van der Waals surface area contributed by atoms with Gasteiger partial charge in [0, 0.05) is 0 Å². The van der Waals surface area contributed by atoms with Gasteiger partial charge in [-0.15, -0.1) is 0 Å². The van der Waals surface area contributed by atoms with Crippen LogP contribution in [0.25, 0.3) is 0 Å². The predicted molar refractivity (Wildman–Crippen MR) is 72.4 cm³/mol. The summed E-state index contributed by atoms with van der Waals surface area (Å²) in [7, 11) is 1.60. The van der Waals surface area contributed by atoms with Crippen molar-refractivity contribution in [1.29, 1.82) is 0 Å². The van der Waals surface area contributed by atoms with E-state index in [-0.39, 0.29) is 25.0 Å². The van der Waals surface area contributed by atoms with E-state index in [9.17, 15) is 4.79 Å². The van der Waals surface area contributed by atoms with Crippen molar-refractivity contribution in [2.75, 3.05) is 20.3 Å². The summed E-state index contributed by atoms with van der Waals surface area (Å²) in [6, 6.07) is 7.01. The van der Waals surface area contributed by atoms with Crippen LogP contribution in [0, 0.1) is 0 Å². The lowest BCUT2D eigenvalue weighted by Crippen LogP contribution is -2.37. The molecule has 0 radical (unpaired) electrons. The third-order valence-corrected chi connectivity index (χ3v) is 2.74. The Kier molecular flexibility index (Phi) is 6.74. The minimum atomic E-state index is -0.173. The molecule has 1 amide bonds. The molecule has 0 heterocycles. The van der Waals surface area contributed by atoms with Gasteiger partial charge in [-0.25, -0.2) is 0 Å². The van der Waals surface area contributed by atoms with E-state index in [1.165, 1.54) is 0 Å². The highest BCUT2D eigenvalue weighted by Gasteiger charge is 2.08. The van der Waals surface area contributed by atoms with Crippen LogP contribution < -0.4 is 14.8 Å². The Labute approximate surface area is 113 Å². The fourth-order valence-corrected chi connectivity index (χ4v) is 1.51. The van der Waals surface area contributed by atoms with Crippen molar-refractivity contribution < 1.29 is 19.4 Å².